The molecule has 1 saturated carbocycles. The molecule has 0 atom stereocenters. The minimum absolute atomic E-state index is 0.222. The zero-order valence-electron chi connectivity index (χ0n) is 10.5. The molecule has 0 heterocycles. The third-order valence-electron chi connectivity index (χ3n) is 3.42. The molecule has 0 spiro atoms. The van der Waals surface area contributed by atoms with Crippen LogP contribution in [0.15, 0.2) is 0 Å². The van der Waals surface area contributed by atoms with E-state index in [0.29, 0.717) is 11.9 Å². The van der Waals surface area contributed by atoms with E-state index >= 15 is 0 Å². The van der Waals surface area contributed by atoms with Crippen molar-refractivity contribution in [3.63, 3.8) is 0 Å². The minimum atomic E-state index is 0.222. The number of hydrogen-bond acceptors (Lipinski definition) is 3. The van der Waals surface area contributed by atoms with Crippen molar-refractivity contribution in [2.75, 3.05) is 27.2 Å². The third-order valence-corrected chi connectivity index (χ3v) is 3.42. The highest BCUT2D eigenvalue weighted by Crippen LogP contribution is 2.24. The Morgan fingerprint density at radius 2 is 2.00 bits per heavy atom. The van der Waals surface area contributed by atoms with Crippen LogP contribution in [0.4, 0.5) is 0 Å². The van der Waals surface area contributed by atoms with Gasteiger partial charge in [0.1, 0.15) is 0 Å². The number of carbonyl (C=O) groups excluding carboxylic acids is 1. The topological polar surface area (TPSA) is 58.4 Å². The van der Waals surface area contributed by atoms with Crippen LogP contribution >= 0.6 is 0 Å². The predicted octanol–water partition coefficient (Wildman–Crippen LogP) is 0.572. The van der Waals surface area contributed by atoms with Crippen molar-refractivity contribution >= 4 is 5.91 Å². The Bertz CT molecular complexity index is 212. The molecule has 1 fully saturated rings. The second-order valence-corrected chi connectivity index (χ2v) is 4.83. The predicted molar refractivity (Wildman–Crippen MR) is 66.1 cm³/mol. The van der Waals surface area contributed by atoms with Gasteiger partial charge in [0.15, 0.2) is 0 Å². The van der Waals surface area contributed by atoms with E-state index in [1.807, 2.05) is 19.0 Å². The Labute approximate surface area is 98.6 Å². The van der Waals surface area contributed by atoms with Gasteiger partial charge in [0.2, 0.25) is 5.91 Å². The first-order chi connectivity index (χ1) is 7.65. The maximum atomic E-state index is 12.1. The van der Waals surface area contributed by atoms with Crippen molar-refractivity contribution < 1.29 is 4.79 Å². The Hall–Kier alpha value is -0.610. The van der Waals surface area contributed by atoms with Crippen LogP contribution in [0.5, 0.6) is 0 Å². The summed E-state index contributed by atoms with van der Waals surface area (Å²) in [5.41, 5.74) is 5.84. The van der Waals surface area contributed by atoms with Crippen molar-refractivity contribution in [3.05, 3.63) is 0 Å². The lowest BCUT2D eigenvalue weighted by molar-refractivity contribution is -0.135. The molecule has 4 heteroatoms. The van der Waals surface area contributed by atoms with Crippen LogP contribution < -0.4 is 11.1 Å². The van der Waals surface area contributed by atoms with E-state index in [9.17, 15) is 4.79 Å². The van der Waals surface area contributed by atoms with Crippen LogP contribution in [-0.2, 0) is 4.79 Å². The second-order valence-electron chi connectivity index (χ2n) is 4.83. The van der Waals surface area contributed by atoms with Crippen LogP contribution in [0, 0.1) is 5.92 Å². The molecule has 94 valence electrons. The number of nitrogens with one attached hydrogen (secondary N) is 1. The number of carbonyl (C=O) groups is 1. The lowest BCUT2D eigenvalue weighted by Crippen LogP contribution is -2.38. The van der Waals surface area contributed by atoms with Crippen molar-refractivity contribution in [3.8, 4) is 0 Å². The van der Waals surface area contributed by atoms with Gasteiger partial charge < -0.3 is 16.0 Å². The van der Waals surface area contributed by atoms with E-state index in [2.05, 4.69) is 5.32 Å². The van der Waals surface area contributed by atoms with Gasteiger partial charge in [-0.25, -0.2) is 0 Å². The number of hydrogen-bond donors (Lipinski definition) is 2. The quantitative estimate of drug-likeness (QED) is 0.675. The van der Waals surface area contributed by atoms with E-state index < -0.39 is 0 Å². The van der Waals surface area contributed by atoms with Gasteiger partial charge in [-0.15, -0.1) is 0 Å². The molecule has 1 rings (SSSR count). The molecule has 16 heavy (non-hydrogen) atoms. The van der Waals surface area contributed by atoms with Gasteiger partial charge in [0.05, 0.1) is 0 Å². The largest absolute Gasteiger partial charge is 0.345 e. The standard InChI is InChI=1S/C12H25N3O/c1-14-8-3-9-15(2)12(16)10-4-6-11(13)7-5-10/h10-11,14H,3-9,13H2,1-2H3. The first kappa shape index (κ1) is 13.5. The average Bonchev–Trinajstić information content (AvgIpc) is 2.29. The van der Waals surface area contributed by atoms with Crippen molar-refractivity contribution in [2.45, 2.75) is 38.1 Å². The highest BCUT2D eigenvalue weighted by molar-refractivity contribution is 5.78. The number of amides is 1. The summed E-state index contributed by atoms with van der Waals surface area (Å²) in [6.07, 6.45) is 4.96. The van der Waals surface area contributed by atoms with Crippen molar-refractivity contribution in [1.82, 2.24) is 10.2 Å². The van der Waals surface area contributed by atoms with Gasteiger partial charge in [-0.05, 0) is 45.7 Å². The zero-order chi connectivity index (χ0) is 12.0. The van der Waals surface area contributed by atoms with Crippen LogP contribution in [0.3, 0.4) is 0 Å². The summed E-state index contributed by atoms with van der Waals surface area (Å²) >= 11 is 0. The molecule has 0 radical (unpaired) electrons. The number of nitrogens with two attached hydrogens (primary N) is 1. The summed E-state index contributed by atoms with van der Waals surface area (Å²) in [5, 5.41) is 3.09. The van der Waals surface area contributed by atoms with Gasteiger partial charge in [-0.1, -0.05) is 0 Å². The van der Waals surface area contributed by atoms with Crippen LogP contribution in [0.2, 0.25) is 0 Å². The van der Waals surface area contributed by atoms with Crippen LogP contribution in [-0.4, -0.2) is 44.0 Å². The Morgan fingerprint density at radius 1 is 1.38 bits per heavy atom. The van der Waals surface area contributed by atoms with E-state index in [1.54, 1.807) is 0 Å². The molecule has 1 amide bonds. The van der Waals surface area contributed by atoms with Gasteiger partial charge in [-0.3, -0.25) is 4.79 Å². The van der Waals surface area contributed by atoms with Gasteiger partial charge in [-0.2, -0.15) is 0 Å². The first-order valence-corrected chi connectivity index (χ1v) is 6.30. The molecule has 0 aromatic heterocycles. The fourth-order valence-electron chi connectivity index (χ4n) is 2.28. The molecule has 0 saturated heterocycles. The number of nitrogens with zero attached hydrogens (tertiary/aromatic N) is 1. The van der Waals surface area contributed by atoms with Crippen LogP contribution in [0.1, 0.15) is 32.1 Å². The van der Waals surface area contributed by atoms with E-state index in [-0.39, 0.29) is 5.92 Å². The summed E-state index contributed by atoms with van der Waals surface area (Å²) < 4.78 is 0. The molecule has 0 aromatic rings. The van der Waals surface area contributed by atoms with Crippen LogP contribution in [0.25, 0.3) is 0 Å². The zero-order valence-corrected chi connectivity index (χ0v) is 10.5. The smallest absolute Gasteiger partial charge is 0.225 e. The Morgan fingerprint density at radius 3 is 2.56 bits per heavy atom. The molecule has 4 nitrogen and oxygen atoms in total. The highest BCUT2D eigenvalue weighted by atomic mass is 16.2. The molecule has 1 aliphatic rings. The van der Waals surface area contributed by atoms with E-state index in [1.165, 1.54) is 0 Å². The SMILES string of the molecule is CNCCCN(C)C(=O)C1CCC(N)CC1. The normalized spacial score (nSPS) is 25.4. The summed E-state index contributed by atoms with van der Waals surface area (Å²) in [4.78, 5) is 13.9. The van der Waals surface area contributed by atoms with Crippen molar-refractivity contribution in [1.29, 1.82) is 0 Å². The molecular formula is C12H25N3O. The first-order valence-electron chi connectivity index (χ1n) is 6.30. The summed E-state index contributed by atoms with van der Waals surface area (Å²) in [6.45, 7) is 1.81. The molecule has 1 aliphatic carbocycles. The van der Waals surface area contributed by atoms with Crippen molar-refractivity contribution in [2.24, 2.45) is 11.7 Å². The monoisotopic (exact) mass is 227 g/mol. The fourth-order valence-corrected chi connectivity index (χ4v) is 2.28. The molecular weight excluding hydrogens is 202 g/mol. The van der Waals surface area contributed by atoms with E-state index in [0.717, 1.165) is 45.2 Å². The lowest BCUT2D eigenvalue weighted by atomic mass is 9.85. The molecule has 0 aromatic carbocycles. The highest BCUT2D eigenvalue weighted by Gasteiger charge is 2.26. The second kappa shape index (κ2) is 6.86. The minimum Gasteiger partial charge on any atom is -0.345 e. The molecule has 0 bridgehead atoms. The maximum Gasteiger partial charge on any atom is 0.225 e. The number of rotatable bonds is 5. The molecule has 0 unspecified atom stereocenters. The lowest BCUT2D eigenvalue weighted by Gasteiger charge is -2.29. The molecule has 3 N–H and O–H groups in total. The third kappa shape index (κ3) is 4.10. The van der Waals surface area contributed by atoms with Gasteiger partial charge in [0, 0.05) is 25.6 Å². The van der Waals surface area contributed by atoms with Gasteiger partial charge >= 0.3 is 0 Å². The maximum absolute atomic E-state index is 12.1. The Balaban J connectivity index is 2.27. The summed E-state index contributed by atoms with van der Waals surface area (Å²) in [7, 11) is 3.84. The molecule has 0 aliphatic heterocycles. The Kier molecular flexibility index (Phi) is 5.77. The van der Waals surface area contributed by atoms with E-state index in [4.69, 9.17) is 5.73 Å². The van der Waals surface area contributed by atoms with Gasteiger partial charge in [0.25, 0.3) is 0 Å². The fraction of sp³-hybridized carbons (Fsp3) is 0.917. The summed E-state index contributed by atoms with van der Waals surface area (Å²) in [6, 6.07) is 0.318. The summed E-state index contributed by atoms with van der Waals surface area (Å²) in [5.74, 6) is 0.530. The average molecular weight is 227 g/mol.